The molecule has 1 N–H and O–H groups in total. The molecule has 1 aromatic heterocycles. The number of methoxy groups -OCH3 is 3. The van der Waals surface area contributed by atoms with E-state index in [0.29, 0.717) is 28.5 Å². The van der Waals surface area contributed by atoms with E-state index in [0.717, 1.165) is 0 Å². The smallest absolute Gasteiger partial charge is 0.356 e. The van der Waals surface area contributed by atoms with Gasteiger partial charge in [-0.25, -0.2) is 4.79 Å². The van der Waals surface area contributed by atoms with Crippen LogP contribution in [-0.4, -0.2) is 42.2 Å². The highest BCUT2D eigenvalue weighted by atomic mass is 35.5. The van der Waals surface area contributed by atoms with Gasteiger partial charge in [0.1, 0.15) is 5.02 Å². The predicted octanol–water partition coefficient (Wildman–Crippen LogP) is 2.46. The Bertz CT molecular complexity index is 727. The molecule has 0 fully saturated rings. The largest absolute Gasteiger partial charge is 0.494 e. The number of halogens is 1. The van der Waals surface area contributed by atoms with Crippen LogP contribution in [0.4, 0.5) is 0 Å². The molecule has 2 aromatic rings. The number of carbonyl (C=O) groups is 1. The number of benzene rings is 1. The van der Waals surface area contributed by atoms with Gasteiger partial charge in [-0.2, -0.15) is 5.10 Å². The Morgan fingerprint density at radius 2 is 1.82 bits per heavy atom. The average Bonchev–Trinajstić information content (AvgIpc) is 2.88. The maximum absolute atomic E-state index is 11.1. The molecule has 22 heavy (non-hydrogen) atoms. The number of rotatable bonds is 5. The number of hydrogen-bond donors (Lipinski definition) is 1. The van der Waals surface area contributed by atoms with E-state index >= 15 is 0 Å². The second-order valence-corrected chi connectivity index (χ2v) is 4.73. The van der Waals surface area contributed by atoms with E-state index in [-0.39, 0.29) is 10.7 Å². The zero-order chi connectivity index (χ0) is 16.4. The molecule has 0 aliphatic rings. The molecule has 7 nitrogen and oxygen atoms in total. The standard InChI is InChI=1S/C14H15ClN2O5/c1-17-9(6-8(16-17)14(18)19)7-5-10(20-2)13(22-4)11(15)12(7)21-3/h5-6H,1-4H3,(H,18,19). The average molecular weight is 327 g/mol. The van der Waals surface area contributed by atoms with Crippen molar-refractivity contribution in [2.75, 3.05) is 21.3 Å². The highest BCUT2D eigenvalue weighted by Crippen LogP contribution is 2.47. The monoisotopic (exact) mass is 326 g/mol. The van der Waals surface area contributed by atoms with E-state index in [1.807, 2.05) is 0 Å². The first kappa shape index (κ1) is 16.0. The predicted molar refractivity (Wildman–Crippen MR) is 80.3 cm³/mol. The quantitative estimate of drug-likeness (QED) is 0.908. The van der Waals surface area contributed by atoms with Crippen LogP contribution in [0.5, 0.6) is 17.2 Å². The van der Waals surface area contributed by atoms with E-state index in [4.69, 9.17) is 30.9 Å². The Morgan fingerprint density at radius 1 is 1.18 bits per heavy atom. The fourth-order valence-electron chi connectivity index (χ4n) is 2.15. The molecule has 8 heteroatoms. The third-order valence-corrected chi connectivity index (χ3v) is 3.49. The van der Waals surface area contributed by atoms with E-state index < -0.39 is 5.97 Å². The molecular weight excluding hydrogens is 312 g/mol. The van der Waals surface area contributed by atoms with Crippen LogP contribution >= 0.6 is 11.6 Å². The normalized spacial score (nSPS) is 10.4. The highest BCUT2D eigenvalue weighted by molar-refractivity contribution is 6.34. The van der Waals surface area contributed by atoms with Crippen LogP contribution in [0, 0.1) is 0 Å². The van der Waals surface area contributed by atoms with Crippen LogP contribution in [0.2, 0.25) is 5.02 Å². The van der Waals surface area contributed by atoms with Gasteiger partial charge in [0.05, 0.1) is 27.0 Å². The van der Waals surface area contributed by atoms with Crippen molar-refractivity contribution in [1.29, 1.82) is 0 Å². The molecule has 0 saturated heterocycles. The molecule has 0 radical (unpaired) electrons. The van der Waals surface area contributed by atoms with Crippen molar-refractivity contribution in [2.45, 2.75) is 0 Å². The minimum Gasteiger partial charge on any atom is -0.494 e. The van der Waals surface area contributed by atoms with E-state index in [1.165, 1.54) is 32.1 Å². The fraction of sp³-hybridized carbons (Fsp3) is 0.286. The Balaban J connectivity index is 2.74. The van der Waals surface area contributed by atoms with Gasteiger partial charge < -0.3 is 19.3 Å². The first-order valence-corrected chi connectivity index (χ1v) is 6.58. The molecule has 0 bridgehead atoms. The molecule has 0 amide bonds. The first-order valence-electron chi connectivity index (χ1n) is 6.20. The Hall–Kier alpha value is -2.41. The molecule has 2 rings (SSSR count). The maximum Gasteiger partial charge on any atom is 0.356 e. The van der Waals surface area contributed by atoms with Crippen molar-refractivity contribution in [3.05, 3.63) is 22.8 Å². The summed E-state index contributed by atoms with van der Waals surface area (Å²) < 4.78 is 17.3. The summed E-state index contributed by atoms with van der Waals surface area (Å²) in [6.45, 7) is 0. The zero-order valence-electron chi connectivity index (χ0n) is 12.5. The van der Waals surface area contributed by atoms with Crippen molar-refractivity contribution in [3.63, 3.8) is 0 Å². The number of ether oxygens (including phenoxy) is 3. The molecule has 0 aliphatic carbocycles. The number of aromatic carboxylic acids is 1. The van der Waals surface area contributed by atoms with Gasteiger partial charge in [0.15, 0.2) is 22.9 Å². The summed E-state index contributed by atoms with van der Waals surface area (Å²) >= 11 is 6.29. The van der Waals surface area contributed by atoms with Gasteiger partial charge >= 0.3 is 5.97 Å². The number of aryl methyl sites for hydroxylation is 1. The summed E-state index contributed by atoms with van der Waals surface area (Å²) in [5.74, 6) is -0.0292. The number of hydrogen-bond acceptors (Lipinski definition) is 5. The number of carboxylic acids is 1. The Morgan fingerprint density at radius 3 is 2.27 bits per heavy atom. The van der Waals surface area contributed by atoms with Crippen LogP contribution in [0.1, 0.15) is 10.5 Å². The van der Waals surface area contributed by atoms with E-state index in [1.54, 1.807) is 13.1 Å². The minimum absolute atomic E-state index is 0.0783. The van der Waals surface area contributed by atoms with Crippen LogP contribution in [0.15, 0.2) is 12.1 Å². The van der Waals surface area contributed by atoms with Crippen molar-refractivity contribution in [1.82, 2.24) is 9.78 Å². The Kier molecular flexibility index (Phi) is 4.46. The molecule has 0 saturated carbocycles. The number of nitrogens with zero attached hydrogens (tertiary/aromatic N) is 2. The van der Waals surface area contributed by atoms with Crippen LogP contribution in [0.3, 0.4) is 0 Å². The molecule has 1 heterocycles. The highest BCUT2D eigenvalue weighted by Gasteiger charge is 2.23. The summed E-state index contributed by atoms with van der Waals surface area (Å²) in [4.78, 5) is 11.1. The fourth-order valence-corrected chi connectivity index (χ4v) is 2.50. The van der Waals surface area contributed by atoms with Crippen LogP contribution in [-0.2, 0) is 7.05 Å². The molecule has 0 unspecified atom stereocenters. The SMILES string of the molecule is COc1cc(-c2cc(C(=O)O)nn2C)c(OC)c(Cl)c1OC. The lowest BCUT2D eigenvalue weighted by molar-refractivity contribution is 0.0689. The number of aromatic nitrogens is 2. The third-order valence-electron chi connectivity index (χ3n) is 3.15. The molecule has 0 atom stereocenters. The summed E-state index contributed by atoms with van der Waals surface area (Å²) in [5, 5.41) is 13.2. The molecule has 0 aliphatic heterocycles. The van der Waals surface area contributed by atoms with Crippen molar-refractivity contribution < 1.29 is 24.1 Å². The van der Waals surface area contributed by atoms with Gasteiger partial charge in [-0.15, -0.1) is 0 Å². The van der Waals surface area contributed by atoms with E-state index in [9.17, 15) is 4.79 Å². The summed E-state index contributed by atoms with van der Waals surface area (Å²) in [6, 6.07) is 3.09. The topological polar surface area (TPSA) is 82.8 Å². The minimum atomic E-state index is -1.12. The first-order chi connectivity index (χ1) is 10.4. The lowest BCUT2D eigenvalue weighted by atomic mass is 10.1. The Labute approximate surface area is 132 Å². The second kappa shape index (κ2) is 6.15. The maximum atomic E-state index is 11.1. The van der Waals surface area contributed by atoms with E-state index in [2.05, 4.69) is 5.10 Å². The van der Waals surface area contributed by atoms with Crippen molar-refractivity contribution >= 4 is 17.6 Å². The second-order valence-electron chi connectivity index (χ2n) is 4.35. The molecule has 0 spiro atoms. The molecule has 118 valence electrons. The van der Waals surface area contributed by atoms with Gasteiger partial charge in [0.25, 0.3) is 0 Å². The van der Waals surface area contributed by atoms with Gasteiger partial charge in [0.2, 0.25) is 0 Å². The van der Waals surface area contributed by atoms with Gasteiger partial charge in [-0.1, -0.05) is 11.6 Å². The lowest BCUT2D eigenvalue weighted by Gasteiger charge is -2.16. The van der Waals surface area contributed by atoms with Gasteiger partial charge in [-0.3, -0.25) is 4.68 Å². The lowest BCUT2D eigenvalue weighted by Crippen LogP contribution is -2.01. The van der Waals surface area contributed by atoms with Gasteiger partial charge in [0, 0.05) is 12.6 Å². The van der Waals surface area contributed by atoms with Gasteiger partial charge in [-0.05, 0) is 12.1 Å². The van der Waals surface area contributed by atoms with Crippen LogP contribution < -0.4 is 14.2 Å². The molecule has 1 aromatic carbocycles. The summed E-state index contributed by atoms with van der Waals surface area (Å²) in [5.41, 5.74) is 0.996. The summed E-state index contributed by atoms with van der Waals surface area (Å²) in [7, 11) is 6.04. The van der Waals surface area contributed by atoms with Crippen molar-refractivity contribution in [2.24, 2.45) is 7.05 Å². The summed E-state index contributed by atoms with van der Waals surface area (Å²) in [6.07, 6.45) is 0. The zero-order valence-corrected chi connectivity index (χ0v) is 13.3. The van der Waals surface area contributed by atoms with Crippen LogP contribution in [0.25, 0.3) is 11.3 Å². The molecular formula is C14H15ClN2O5. The third kappa shape index (κ3) is 2.55. The number of carboxylic acid groups (broad SMARTS) is 1. The van der Waals surface area contributed by atoms with Crippen molar-refractivity contribution in [3.8, 4) is 28.5 Å².